The number of pyridine rings is 1. The number of aromatic nitrogens is 3. The van der Waals surface area contributed by atoms with Crippen LogP contribution >= 0.6 is 0 Å². The quantitative estimate of drug-likeness (QED) is 0.295. The lowest BCUT2D eigenvalue weighted by Crippen LogP contribution is -2.36. The van der Waals surface area contributed by atoms with Crippen LogP contribution in [-0.2, 0) is 9.53 Å². The van der Waals surface area contributed by atoms with Gasteiger partial charge in [0, 0.05) is 59.9 Å². The number of likely N-dealkylation sites (N-methyl/N-ethyl adjacent to an activating group) is 1. The highest BCUT2D eigenvalue weighted by atomic mass is 16.5. The van der Waals surface area contributed by atoms with Crippen molar-refractivity contribution in [3.63, 3.8) is 0 Å². The zero-order chi connectivity index (χ0) is 27.2. The SMILES string of the molecule is CN(C)C/C=C/C(=O)Nc1cccc(-c2nccc3c(N)nc(Nc4ccc(N5CCOCC5)cc4)nc23)c1. The van der Waals surface area contributed by atoms with Crippen molar-refractivity contribution in [3.05, 3.63) is 72.9 Å². The third-order valence-electron chi connectivity index (χ3n) is 6.29. The molecule has 10 heteroatoms. The summed E-state index contributed by atoms with van der Waals surface area (Å²) < 4.78 is 5.45. The number of amides is 1. The van der Waals surface area contributed by atoms with E-state index in [2.05, 4.69) is 37.6 Å². The lowest BCUT2D eigenvalue weighted by atomic mass is 10.1. The van der Waals surface area contributed by atoms with Crippen molar-refractivity contribution in [2.45, 2.75) is 0 Å². The second-order valence-corrected chi connectivity index (χ2v) is 9.49. The van der Waals surface area contributed by atoms with Gasteiger partial charge in [-0.3, -0.25) is 9.78 Å². The first-order valence-corrected chi connectivity index (χ1v) is 12.8. The average molecular weight is 525 g/mol. The summed E-state index contributed by atoms with van der Waals surface area (Å²) >= 11 is 0. The van der Waals surface area contributed by atoms with Gasteiger partial charge < -0.3 is 30.9 Å². The highest BCUT2D eigenvalue weighted by Crippen LogP contribution is 2.30. The van der Waals surface area contributed by atoms with Gasteiger partial charge in [0.2, 0.25) is 11.9 Å². The number of rotatable bonds is 8. The molecule has 0 spiro atoms. The maximum atomic E-state index is 12.3. The number of anilines is 5. The second kappa shape index (κ2) is 11.9. The number of hydrogen-bond acceptors (Lipinski definition) is 9. The molecule has 2 aromatic carbocycles. The Balaban J connectivity index is 1.39. The largest absolute Gasteiger partial charge is 0.383 e. The van der Waals surface area contributed by atoms with Gasteiger partial charge in [-0.05, 0) is 56.6 Å². The molecule has 4 N–H and O–H groups in total. The molecule has 4 aromatic rings. The van der Waals surface area contributed by atoms with E-state index in [4.69, 9.17) is 15.5 Å². The summed E-state index contributed by atoms with van der Waals surface area (Å²) in [6.45, 7) is 3.92. The topological polar surface area (TPSA) is 122 Å². The molecule has 1 saturated heterocycles. The number of hydrogen-bond donors (Lipinski definition) is 3. The first-order chi connectivity index (χ1) is 19.0. The van der Waals surface area contributed by atoms with Gasteiger partial charge in [0.05, 0.1) is 18.9 Å². The number of carbonyl (C=O) groups is 1. The average Bonchev–Trinajstić information content (AvgIpc) is 2.94. The van der Waals surface area contributed by atoms with Crippen LogP contribution in [0, 0.1) is 0 Å². The van der Waals surface area contributed by atoms with Gasteiger partial charge in [-0.15, -0.1) is 0 Å². The summed E-state index contributed by atoms with van der Waals surface area (Å²) in [5, 5.41) is 6.88. The molecule has 1 amide bonds. The van der Waals surface area contributed by atoms with E-state index in [9.17, 15) is 4.79 Å². The lowest BCUT2D eigenvalue weighted by Gasteiger charge is -2.28. The van der Waals surface area contributed by atoms with E-state index in [1.54, 1.807) is 12.3 Å². The zero-order valence-electron chi connectivity index (χ0n) is 22.1. The maximum Gasteiger partial charge on any atom is 0.248 e. The van der Waals surface area contributed by atoms with Crippen LogP contribution in [0.2, 0.25) is 0 Å². The normalized spacial score (nSPS) is 13.8. The molecular formula is C29H32N8O2. The van der Waals surface area contributed by atoms with E-state index in [0.29, 0.717) is 40.6 Å². The van der Waals surface area contributed by atoms with Crippen LogP contribution in [0.4, 0.5) is 28.8 Å². The molecule has 200 valence electrons. The maximum absolute atomic E-state index is 12.3. The number of nitrogen functional groups attached to an aromatic ring is 1. The summed E-state index contributed by atoms with van der Waals surface area (Å²) in [5.74, 6) is 0.535. The van der Waals surface area contributed by atoms with E-state index >= 15 is 0 Å². The van der Waals surface area contributed by atoms with E-state index < -0.39 is 0 Å². The first-order valence-electron chi connectivity index (χ1n) is 12.8. The number of carbonyl (C=O) groups excluding carboxylic acids is 1. The van der Waals surface area contributed by atoms with Crippen LogP contribution in [0.3, 0.4) is 0 Å². The predicted octanol–water partition coefficient (Wildman–Crippen LogP) is 3.91. The van der Waals surface area contributed by atoms with E-state index in [1.807, 2.05) is 61.5 Å². The molecule has 10 nitrogen and oxygen atoms in total. The molecule has 5 rings (SSSR count). The fraction of sp³-hybridized carbons (Fsp3) is 0.241. The van der Waals surface area contributed by atoms with Gasteiger partial charge in [0.1, 0.15) is 11.3 Å². The van der Waals surface area contributed by atoms with E-state index in [1.165, 1.54) is 6.08 Å². The molecular weight excluding hydrogens is 492 g/mol. The molecule has 0 aliphatic carbocycles. The highest BCUT2D eigenvalue weighted by molar-refractivity contribution is 6.01. The molecule has 2 aromatic heterocycles. The Kier molecular flexibility index (Phi) is 7.95. The first kappa shape index (κ1) is 26.1. The Bertz CT molecular complexity index is 1480. The standard InChI is InChI=1S/C29H32N8O2/c1-36(2)14-4-7-25(38)32-22-6-3-5-20(19-22)26-27-24(12-13-31-26)28(30)35-29(34-27)33-21-8-10-23(11-9-21)37-15-17-39-18-16-37/h3-13,19H,14-18H2,1-2H3,(H,32,38)(H3,30,33,34,35)/b7-4+. The summed E-state index contributed by atoms with van der Waals surface area (Å²) in [4.78, 5) is 30.5. The van der Waals surface area contributed by atoms with Crippen LogP contribution < -0.4 is 21.3 Å². The summed E-state index contributed by atoms with van der Waals surface area (Å²) in [7, 11) is 3.89. The third-order valence-corrected chi connectivity index (χ3v) is 6.29. The fourth-order valence-electron chi connectivity index (χ4n) is 4.35. The molecule has 39 heavy (non-hydrogen) atoms. The van der Waals surface area contributed by atoms with Gasteiger partial charge >= 0.3 is 0 Å². The van der Waals surface area contributed by atoms with Crippen molar-refractivity contribution >= 4 is 45.6 Å². The molecule has 1 fully saturated rings. The monoisotopic (exact) mass is 524 g/mol. The van der Waals surface area contributed by atoms with Gasteiger partial charge in [-0.25, -0.2) is 4.98 Å². The van der Waals surface area contributed by atoms with Gasteiger partial charge in [0.25, 0.3) is 0 Å². The molecule has 1 aliphatic rings. The summed E-state index contributed by atoms with van der Waals surface area (Å²) in [5.41, 5.74) is 11.1. The van der Waals surface area contributed by atoms with Crippen LogP contribution in [0.15, 0.2) is 72.9 Å². The Morgan fingerprint density at radius 1 is 1.08 bits per heavy atom. The van der Waals surface area contributed by atoms with Gasteiger partial charge in [0.15, 0.2) is 0 Å². The Labute approximate surface area is 227 Å². The number of nitrogens with zero attached hydrogens (tertiary/aromatic N) is 5. The van der Waals surface area contributed by atoms with E-state index in [0.717, 1.165) is 43.2 Å². The number of fused-ring (bicyclic) bond motifs is 1. The van der Waals surface area contributed by atoms with Gasteiger partial charge in [-0.2, -0.15) is 4.98 Å². The Morgan fingerprint density at radius 3 is 2.64 bits per heavy atom. The van der Waals surface area contributed by atoms with Crippen molar-refractivity contribution in [1.29, 1.82) is 0 Å². The van der Waals surface area contributed by atoms with Crippen molar-refractivity contribution in [3.8, 4) is 11.3 Å². The van der Waals surface area contributed by atoms with Crippen molar-refractivity contribution in [2.75, 3.05) is 68.2 Å². The molecule has 0 unspecified atom stereocenters. The number of benzene rings is 2. The predicted molar refractivity (Wildman–Crippen MR) is 156 cm³/mol. The van der Waals surface area contributed by atoms with Crippen LogP contribution in [0.25, 0.3) is 22.2 Å². The minimum atomic E-state index is -0.197. The molecule has 0 radical (unpaired) electrons. The Morgan fingerprint density at radius 2 is 1.87 bits per heavy atom. The van der Waals surface area contributed by atoms with Crippen LogP contribution in [-0.4, -0.2) is 72.7 Å². The smallest absolute Gasteiger partial charge is 0.248 e. The molecule has 0 saturated carbocycles. The summed E-state index contributed by atoms with van der Waals surface area (Å²) in [6, 6.07) is 17.4. The zero-order valence-corrected chi connectivity index (χ0v) is 22.1. The van der Waals surface area contributed by atoms with Crippen molar-refractivity contribution in [1.82, 2.24) is 19.9 Å². The fourth-order valence-corrected chi connectivity index (χ4v) is 4.35. The summed E-state index contributed by atoms with van der Waals surface area (Å²) in [6.07, 6.45) is 5.03. The number of ether oxygens (including phenoxy) is 1. The minimum absolute atomic E-state index is 0.197. The van der Waals surface area contributed by atoms with Gasteiger partial charge in [-0.1, -0.05) is 18.2 Å². The minimum Gasteiger partial charge on any atom is -0.383 e. The molecule has 3 heterocycles. The highest BCUT2D eigenvalue weighted by Gasteiger charge is 2.14. The van der Waals surface area contributed by atoms with E-state index in [-0.39, 0.29) is 5.91 Å². The number of morpholine rings is 1. The Hall–Kier alpha value is -4.54. The number of nitrogens with two attached hydrogens (primary N) is 1. The van der Waals surface area contributed by atoms with Crippen molar-refractivity contribution < 1.29 is 9.53 Å². The van der Waals surface area contributed by atoms with Crippen LogP contribution in [0.1, 0.15) is 0 Å². The van der Waals surface area contributed by atoms with Crippen LogP contribution in [0.5, 0.6) is 0 Å². The van der Waals surface area contributed by atoms with Crippen molar-refractivity contribution in [2.24, 2.45) is 0 Å². The molecule has 1 aliphatic heterocycles. The second-order valence-electron chi connectivity index (χ2n) is 9.49. The molecule has 0 atom stereocenters. The lowest BCUT2D eigenvalue weighted by molar-refractivity contribution is -0.111. The third kappa shape index (κ3) is 6.49. The molecule has 0 bridgehead atoms. The number of nitrogens with one attached hydrogen (secondary N) is 2.